The van der Waals surface area contributed by atoms with E-state index < -0.39 is 29.7 Å². The van der Waals surface area contributed by atoms with Crippen molar-refractivity contribution in [1.82, 2.24) is 20.4 Å². The van der Waals surface area contributed by atoms with E-state index in [4.69, 9.17) is 9.26 Å². The molecule has 2 fully saturated rings. The first-order valence-electron chi connectivity index (χ1n) is 12.6. The highest BCUT2D eigenvalue weighted by Crippen LogP contribution is 2.38. The van der Waals surface area contributed by atoms with Crippen LogP contribution in [0.2, 0.25) is 0 Å². The van der Waals surface area contributed by atoms with E-state index in [9.17, 15) is 14.7 Å². The first-order chi connectivity index (χ1) is 17.4. The van der Waals surface area contributed by atoms with E-state index in [1.807, 2.05) is 6.92 Å². The van der Waals surface area contributed by atoms with Crippen LogP contribution in [-0.2, 0) is 16.0 Å². The summed E-state index contributed by atoms with van der Waals surface area (Å²) in [7, 11) is 0. The Hall–Kier alpha value is -3.27. The van der Waals surface area contributed by atoms with Gasteiger partial charge in [-0.2, -0.15) is 0 Å². The van der Waals surface area contributed by atoms with Gasteiger partial charge in [0.25, 0.3) is 5.91 Å². The number of aromatic nitrogens is 3. The summed E-state index contributed by atoms with van der Waals surface area (Å²) >= 11 is 0. The minimum Gasteiger partial charge on any atom is -0.481 e. The summed E-state index contributed by atoms with van der Waals surface area (Å²) in [4.78, 5) is 32.6. The van der Waals surface area contributed by atoms with Gasteiger partial charge < -0.3 is 24.7 Å². The lowest BCUT2D eigenvalue weighted by atomic mass is 9.79. The molecule has 1 saturated carbocycles. The highest BCUT2D eigenvalue weighted by molar-refractivity contribution is 5.95. The number of ether oxygens (including phenoxy) is 1. The molecule has 1 aliphatic heterocycles. The quantitative estimate of drug-likeness (QED) is 0.441. The fourth-order valence-electron chi connectivity index (χ4n) is 5.56. The third-order valence-corrected chi connectivity index (χ3v) is 7.78. The number of aliphatic carboxylic acids is 1. The lowest BCUT2D eigenvalue weighted by Gasteiger charge is -2.32. The molecule has 5 rings (SSSR count). The van der Waals surface area contributed by atoms with Gasteiger partial charge in [-0.15, -0.1) is 0 Å². The van der Waals surface area contributed by atoms with E-state index in [0.29, 0.717) is 34.9 Å². The molecule has 3 atom stereocenters. The molecule has 36 heavy (non-hydrogen) atoms. The van der Waals surface area contributed by atoms with Gasteiger partial charge in [-0.3, -0.25) is 9.59 Å². The van der Waals surface area contributed by atoms with Gasteiger partial charge >= 0.3 is 5.97 Å². The first kappa shape index (κ1) is 24.4. The zero-order chi connectivity index (χ0) is 25.4. The van der Waals surface area contributed by atoms with E-state index in [1.54, 1.807) is 12.1 Å². The number of hydrogen-bond donors (Lipinski definition) is 3. The van der Waals surface area contributed by atoms with Crippen molar-refractivity contribution in [2.75, 3.05) is 13.2 Å². The van der Waals surface area contributed by atoms with Gasteiger partial charge in [-0.05, 0) is 42.7 Å². The third-order valence-electron chi connectivity index (χ3n) is 7.78. The van der Waals surface area contributed by atoms with Crippen molar-refractivity contribution < 1.29 is 28.3 Å². The van der Waals surface area contributed by atoms with Gasteiger partial charge in [0.1, 0.15) is 23.2 Å². The minimum absolute atomic E-state index is 0.0557. The number of halogens is 1. The second kappa shape index (κ2) is 10.0. The van der Waals surface area contributed by atoms with Gasteiger partial charge in [-0.25, -0.2) is 9.37 Å². The van der Waals surface area contributed by atoms with Gasteiger partial charge in [-0.1, -0.05) is 37.9 Å². The summed E-state index contributed by atoms with van der Waals surface area (Å²) in [6.07, 6.45) is 5.83. The molecule has 1 saturated heterocycles. The predicted octanol–water partition coefficient (Wildman–Crippen LogP) is 4.36. The molecule has 3 N–H and O–H groups in total. The van der Waals surface area contributed by atoms with Crippen LogP contribution >= 0.6 is 0 Å². The van der Waals surface area contributed by atoms with Crippen LogP contribution in [0, 0.1) is 23.6 Å². The fourth-order valence-corrected chi connectivity index (χ4v) is 5.56. The fraction of sp³-hybridized carbons (Fsp3) is 0.538. The average molecular weight is 499 g/mol. The number of aromatic amines is 1. The molecule has 1 aliphatic carbocycles. The Morgan fingerprint density at radius 3 is 2.75 bits per heavy atom. The smallest absolute Gasteiger partial charge is 0.309 e. The maximum Gasteiger partial charge on any atom is 0.309 e. The summed E-state index contributed by atoms with van der Waals surface area (Å²) in [5, 5.41) is 16.5. The van der Waals surface area contributed by atoms with Crippen molar-refractivity contribution in [3.8, 4) is 0 Å². The number of carbonyl (C=O) groups is 2. The monoisotopic (exact) mass is 498 g/mol. The van der Waals surface area contributed by atoms with Crippen molar-refractivity contribution in [3.05, 3.63) is 46.9 Å². The molecular formula is C26H31FN4O5. The second-order valence-corrected chi connectivity index (χ2v) is 10.1. The third kappa shape index (κ3) is 4.50. The number of carbonyl (C=O) groups excluding carboxylic acids is 1. The van der Waals surface area contributed by atoms with E-state index in [2.05, 4.69) is 27.4 Å². The van der Waals surface area contributed by atoms with E-state index >= 15 is 4.39 Å². The lowest BCUT2D eigenvalue weighted by Crippen LogP contribution is -2.36. The summed E-state index contributed by atoms with van der Waals surface area (Å²) in [5.41, 5.74) is 1.89. The van der Waals surface area contributed by atoms with Gasteiger partial charge in [0, 0.05) is 5.92 Å². The number of fused-ring (bicyclic) bond motifs is 1. The number of carboxylic acid groups (broad SMARTS) is 1. The van der Waals surface area contributed by atoms with Crippen molar-refractivity contribution in [3.63, 3.8) is 0 Å². The Morgan fingerprint density at radius 2 is 2.03 bits per heavy atom. The van der Waals surface area contributed by atoms with Crippen LogP contribution < -0.4 is 5.32 Å². The molecular weight excluding hydrogens is 467 g/mol. The number of nitrogens with one attached hydrogen (secondary N) is 2. The largest absolute Gasteiger partial charge is 0.481 e. The average Bonchev–Trinajstić information content (AvgIpc) is 3.62. The van der Waals surface area contributed by atoms with Crippen molar-refractivity contribution in [2.24, 2.45) is 17.8 Å². The van der Waals surface area contributed by atoms with E-state index in [0.717, 1.165) is 25.7 Å². The summed E-state index contributed by atoms with van der Waals surface area (Å²) in [5.74, 6) is -2.00. The van der Waals surface area contributed by atoms with E-state index in [1.165, 1.54) is 6.26 Å². The molecule has 192 valence electrons. The Labute approximate surface area is 207 Å². The topological polar surface area (TPSA) is 130 Å². The van der Waals surface area contributed by atoms with Crippen molar-refractivity contribution in [2.45, 2.75) is 57.9 Å². The number of benzene rings is 1. The predicted molar refractivity (Wildman–Crippen MR) is 128 cm³/mol. The van der Waals surface area contributed by atoms with Crippen LogP contribution in [0.1, 0.15) is 78.9 Å². The number of imidazole rings is 1. The lowest BCUT2D eigenvalue weighted by molar-refractivity contribution is -0.142. The Morgan fingerprint density at radius 1 is 1.25 bits per heavy atom. The van der Waals surface area contributed by atoms with Crippen LogP contribution in [0.3, 0.4) is 0 Å². The number of amides is 1. The molecule has 1 amide bonds. The van der Waals surface area contributed by atoms with Crippen LogP contribution in [0.15, 0.2) is 22.9 Å². The second-order valence-electron chi connectivity index (χ2n) is 10.1. The number of carboxylic acids is 1. The molecule has 0 spiro atoms. The number of H-pyrrole nitrogens is 1. The number of rotatable bonds is 7. The van der Waals surface area contributed by atoms with Crippen LogP contribution in [-0.4, -0.2) is 45.3 Å². The molecule has 1 aromatic carbocycles. The summed E-state index contributed by atoms with van der Waals surface area (Å²) < 4.78 is 26.0. The highest BCUT2D eigenvalue weighted by Gasteiger charge is 2.38. The minimum atomic E-state index is -1.01. The standard InChI is InChI=1S/C26H31FN4O5/c1-3-19-18(12-36-31-19)25(32)30-22(14-6-4-13(2)5-7-14)24-28-20-9-8-15(21(27)23(20)29-24)16-10-35-11-17(16)26(33)34/h8-9,12-14,16-17,22H,3-7,10-11H2,1-2H3,(H,28,29)(H,30,32)(H,33,34). The highest BCUT2D eigenvalue weighted by atomic mass is 19.1. The summed E-state index contributed by atoms with van der Waals surface area (Å²) in [6.45, 7) is 4.33. The number of aryl methyl sites for hydroxylation is 1. The maximum absolute atomic E-state index is 15.7. The zero-order valence-corrected chi connectivity index (χ0v) is 20.4. The zero-order valence-electron chi connectivity index (χ0n) is 20.4. The number of nitrogens with zero attached hydrogens (tertiary/aromatic N) is 2. The maximum atomic E-state index is 15.7. The molecule has 10 heteroatoms. The Kier molecular flexibility index (Phi) is 6.79. The van der Waals surface area contributed by atoms with Crippen molar-refractivity contribution >= 4 is 22.9 Å². The Bertz CT molecular complexity index is 1260. The molecule has 3 unspecified atom stereocenters. The van der Waals surface area contributed by atoms with Crippen LogP contribution in [0.4, 0.5) is 4.39 Å². The molecule has 0 radical (unpaired) electrons. The molecule has 3 aromatic rings. The Balaban J connectivity index is 1.49. The van der Waals surface area contributed by atoms with Crippen LogP contribution in [0.5, 0.6) is 0 Å². The van der Waals surface area contributed by atoms with Gasteiger partial charge in [0.05, 0.1) is 36.4 Å². The van der Waals surface area contributed by atoms with Gasteiger partial charge in [0.15, 0.2) is 5.82 Å². The molecule has 2 aliphatic rings. The SMILES string of the molecule is CCc1nocc1C(=O)NC(c1nc2c(F)c(C3COCC3C(=O)O)ccc2[nH]1)C1CCC(C)CC1. The normalized spacial score (nSPS) is 25.2. The molecule has 2 aromatic heterocycles. The number of hydrogen-bond acceptors (Lipinski definition) is 6. The molecule has 0 bridgehead atoms. The molecule has 3 heterocycles. The van der Waals surface area contributed by atoms with Gasteiger partial charge in [0.2, 0.25) is 0 Å². The first-order valence-corrected chi connectivity index (χ1v) is 12.6. The van der Waals surface area contributed by atoms with Crippen LogP contribution in [0.25, 0.3) is 11.0 Å². The summed E-state index contributed by atoms with van der Waals surface area (Å²) in [6, 6.07) is 2.88. The van der Waals surface area contributed by atoms with E-state index in [-0.39, 0.29) is 36.1 Å². The van der Waals surface area contributed by atoms with Crippen molar-refractivity contribution in [1.29, 1.82) is 0 Å². The molecule has 9 nitrogen and oxygen atoms in total.